The number of nitrogens with zero attached hydrogens (tertiary/aromatic N) is 3. The maximum Gasteiger partial charge on any atom is 0.276 e. The fraction of sp³-hybridized carbons (Fsp3) is 0. The van der Waals surface area contributed by atoms with Crippen LogP contribution in [0.2, 0.25) is 0 Å². The number of aromatic nitrogens is 3. The lowest BCUT2D eigenvalue weighted by molar-refractivity contribution is 0.102. The fourth-order valence-corrected chi connectivity index (χ4v) is 1.98. The second-order valence-corrected chi connectivity index (χ2v) is 4.36. The number of rotatable bonds is 3. The normalized spacial score (nSPS) is 10.3. The number of hydrogen-bond donors (Lipinski definition) is 2. The predicted molar refractivity (Wildman–Crippen MR) is 80.2 cm³/mol. The summed E-state index contributed by atoms with van der Waals surface area (Å²) in [6, 6.07) is 12.5. The molecule has 104 valence electrons. The molecule has 3 rings (SSSR count). The zero-order chi connectivity index (χ0) is 14.7. The molecule has 0 aliphatic heterocycles. The van der Waals surface area contributed by atoms with E-state index in [0.29, 0.717) is 11.4 Å². The summed E-state index contributed by atoms with van der Waals surface area (Å²) < 4.78 is 1.68. The van der Waals surface area contributed by atoms with E-state index in [1.165, 1.54) is 6.20 Å². The Morgan fingerprint density at radius 2 is 1.95 bits per heavy atom. The molecule has 0 spiro atoms. The third-order valence-corrected chi connectivity index (χ3v) is 2.96. The average molecular weight is 279 g/mol. The van der Waals surface area contributed by atoms with Gasteiger partial charge in [0.1, 0.15) is 0 Å². The molecule has 0 unspecified atom stereocenters. The maximum atomic E-state index is 12.3. The van der Waals surface area contributed by atoms with Gasteiger partial charge in [0.25, 0.3) is 5.91 Å². The van der Waals surface area contributed by atoms with Crippen molar-refractivity contribution in [3.8, 4) is 5.69 Å². The summed E-state index contributed by atoms with van der Waals surface area (Å²) in [7, 11) is 0. The van der Waals surface area contributed by atoms with Gasteiger partial charge in [0, 0.05) is 18.6 Å². The van der Waals surface area contributed by atoms with E-state index in [1.807, 2.05) is 24.3 Å². The number of amides is 1. The van der Waals surface area contributed by atoms with Crippen LogP contribution in [0.5, 0.6) is 0 Å². The molecule has 3 aromatic rings. The molecule has 1 amide bonds. The van der Waals surface area contributed by atoms with E-state index in [-0.39, 0.29) is 11.6 Å². The predicted octanol–water partition coefficient (Wildman–Crippen LogP) is 2.10. The number of para-hydroxylation sites is 2. The lowest BCUT2D eigenvalue weighted by Gasteiger charge is -2.11. The highest BCUT2D eigenvalue weighted by Crippen LogP contribution is 2.20. The quantitative estimate of drug-likeness (QED) is 0.768. The van der Waals surface area contributed by atoms with Gasteiger partial charge >= 0.3 is 0 Å². The van der Waals surface area contributed by atoms with Crippen molar-refractivity contribution in [2.24, 2.45) is 0 Å². The van der Waals surface area contributed by atoms with Gasteiger partial charge in [0.2, 0.25) is 0 Å². The molecule has 0 radical (unpaired) electrons. The van der Waals surface area contributed by atoms with Gasteiger partial charge in [0.05, 0.1) is 17.1 Å². The Morgan fingerprint density at radius 1 is 1.10 bits per heavy atom. The lowest BCUT2D eigenvalue weighted by atomic mass is 10.2. The third-order valence-electron chi connectivity index (χ3n) is 2.96. The molecule has 21 heavy (non-hydrogen) atoms. The molecule has 0 atom stereocenters. The smallest absolute Gasteiger partial charge is 0.276 e. The third kappa shape index (κ3) is 2.59. The van der Waals surface area contributed by atoms with Gasteiger partial charge < -0.3 is 11.1 Å². The Labute approximate surface area is 121 Å². The van der Waals surface area contributed by atoms with E-state index in [9.17, 15) is 4.79 Å². The van der Waals surface area contributed by atoms with Crippen LogP contribution in [-0.4, -0.2) is 20.7 Å². The Morgan fingerprint density at radius 3 is 2.71 bits per heavy atom. The van der Waals surface area contributed by atoms with E-state index < -0.39 is 0 Å². The second kappa shape index (κ2) is 5.46. The van der Waals surface area contributed by atoms with Gasteiger partial charge in [-0.2, -0.15) is 5.10 Å². The highest BCUT2D eigenvalue weighted by atomic mass is 16.1. The monoisotopic (exact) mass is 279 g/mol. The van der Waals surface area contributed by atoms with Crippen LogP contribution in [0, 0.1) is 0 Å². The molecule has 0 bridgehead atoms. The highest BCUT2D eigenvalue weighted by Gasteiger charge is 2.13. The highest BCUT2D eigenvalue weighted by molar-refractivity contribution is 6.07. The molecule has 3 N–H and O–H groups in total. The van der Waals surface area contributed by atoms with Crippen molar-refractivity contribution in [2.75, 3.05) is 11.1 Å². The standard InChI is InChI=1S/C15H13N5O/c16-11-5-3-8-17-14(11)15(21)19-12-6-1-2-7-13(12)20-10-4-9-18-20/h1-10H,16H2,(H,19,21). The Hall–Kier alpha value is -3.15. The van der Waals surface area contributed by atoms with Crippen LogP contribution in [0.15, 0.2) is 61.1 Å². The van der Waals surface area contributed by atoms with Crippen molar-refractivity contribution in [3.05, 3.63) is 66.7 Å². The maximum absolute atomic E-state index is 12.3. The average Bonchev–Trinajstić information content (AvgIpc) is 3.02. The van der Waals surface area contributed by atoms with E-state index in [4.69, 9.17) is 5.73 Å². The number of nitrogens with one attached hydrogen (secondary N) is 1. The van der Waals surface area contributed by atoms with Crippen LogP contribution >= 0.6 is 0 Å². The van der Waals surface area contributed by atoms with Crippen LogP contribution in [0.4, 0.5) is 11.4 Å². The number of benzene rings is 1. The molecule has 2 aromatic heterocycles. The minimum Gasteiger partial charge on any atom is -0.397 e. The molecule has 0 fully saturated rings. The molecule has 2 heterocycles. The summed E-state index contributed by atoms with van der Waals surface area (Å²) in [4.78, 5) is 16.3. The van der Waals surface area contributed by atoms with Gasteiger partial charge in [-0.05, 0) is 30.3 Å². The van der Waals surface area contributed by atoms with E-state index in [2.05, 4.69) is 15.4 Å². The summed E-state index contributed by atoms with van der Waals surface area (Å²) in [5.41, 5.74) is 7.71. The zero-order valence-electron chi connectivity index (χ0n) is 11.1. The Kier molecular flexibility index (Phi) is 3.34. The number of carbonyl (C=O) groups excluding carboxylic acids is 1. The van der Waals surface area contributed by atoms with Crippen LogP contribution in [0.25, 0.3) is 5.69 Å². The molecular formula is C15H13N5O. The van der Waals surface area contributed by atoms with E-state index >= 15 is 0 Å². The SMILES string of the molecule is Nc1cccnc1C(=O)Nc1ccccc1-n1cccn1. The number of anilines is 2. The largest absolute Gasteiger partial charge is 0.397 e. The topological polar surface area (TPSA) is 85.8 Å². The summed E-state index contributed by atoms with van der Waals surface area (Å²) in [6.07, 6.45) is 5.01. The summed E-state index contributed by atoms with van der Waals surface area (Å²) in [5.74, 6) is -0.354. The molecular weight excluding hydrogens is 266 g/mol. The first-order valence-electron chi connectivity index (χ1n) is 6.36. The lowest BCUT2D eigenvalue weighted by Crippen LogP contribution is -2.17. The van der Waals surface area contributed by atoms with Crippen molar-refractivity contribution < 1.29 is 4.79 Å². The van der Waals surface area contributed by atoms with E-state index in [1.54, 1.807) is 35.3 Å². The molecule has 0 saturated heterocycles. The first-order valence-corrected chi connectivity index (χ1v) is 6.36. The first-order chi connectivity index (χ1) is 10.3. The molecule has 0 aliphatic rings. The number of nitrogen functional groups attached to an aromatic ring is 1. The minimum atomic E-state index is -0.354. The van der Waals surface area contributed by atoms with Gasteiger partial charge in [-0.15, -0.1) is 0 Å². The number of pyridine rings is 1. The van der Waals surface area contributed by atoms with Crippen molar-refractivity contribution in [1.29, 1.82) is 0 Å². The van der Waals surface area contributed by atoms with Crippen molar-refractivity contribution in [2.45, 2.75) is 0 Å². The molecule has 0 saturated carbocycles. The molecule has 1 aromatic carbocycles. The van der Waals surface area contributed by atoms with Gasteiger partial charge in [0.15, 0.2) is 5.69 Å². The van der Waals surface area contributed by atoms with Gasteiger partial charge in [-0.1, -0.05) is 12.1 Å². The van der Waals surface area contributed by atoms with Crippen molar-refractivity contribution in [1.82, 2.24) is 14.8 Å². The van der Waals surface area contributed by atoms with Crippen molar-refractivity contribution >= 4 is 17.3 Å². The Balaban J connectivity index is 1.93. The minimum absolute atomic E-state index is 0.202. The number of hydrogen-bond acceptors (Lipinski definition) is 4. The summed E-state index contributed by atoms with van der Waals surface area (Å²) >= 11 is 0. The number of carbonyl (C=O) groups is 1. The second-order valence-electron chi connectivity index (χ2n) is 4.36. The van der Waals surface area contributed by atoms with Crippen LogP contribution < -0.4 is 11.1 Å². The zero-order valence-corrected chi connectivity index (χ0v) is 11.1. The van der Waals surface area contributed by atoms with Crippen LogP contribution in [0.3, 0.4) is 0 Å². The van der Waals surface area contributed by atoms with Gasteiger partial charge in [-0.3, -0.25) is 4.79 Å². The summed E-state index contributed by atoms with van der Waals surface area (Å²) in [5, 5.41) is 6.98. The Bertz CT molecular complexity index is 767. The first kappa shape index (κ1) is 12.9. The molecule has 6 heteroatoms. The van der Waals surface area contributed by atoms with Crippen LogP contribution in [-0.2, 0) is 0 Å². The fourth-order valence-electron chi connectivity index (χ4n) is 1.98. The van der Waals surface area contributed by atoms with Crippen molar-refractivity contribution in [3.63, 3.8) is 0 Å². The van der Waals surface area contributed by atoms with Gasteiger partial charge in [-0.25, -0.2) is 9.67 Å². The number of nitrogens with two attached hydrogens (primary N) is 1. The van der Waals surface area contributed by atoms with E-state index in [0.717, 1.165) is 5.69 Å². The molecule has 0 aliphatic carbocycles. The summed E-state index contributed by atoms with van der Waals surface area (Å²) in [6.45, 7) is 0. The van der Waals surface area contributed by atoms with Crippen LogP contribution in [0.1, 0.15) is 10.5 Å². The molecule has 6 nitrogen and oxygen atoms in total.